The van der Waals surface area contributed by atoms with Crippen molar-refractivity contribution in [3.63, 3.8) is 0 Å². The van der Waals surface area contributed by atoms with Crippen LogP contribution in [0.4, 0.5) is 5.69 Å². The first-order valence-electron chi connectivity index (χ1n) is 12.9. The molecule has 0 atom stereocenters. The van der Waals surface area contributed by atoms with Crippen molar-refractivity contribution in [2.75, 3.05) is 18.5 Å². The second kappa shape index (κ2) is 15.5. The number of unbranched alkanes of at least 4 members (excludes halogenated alkanes) is 2. The molecule has 7 heteroatoms. The summed E-state index contributed by atoms with van der Waals surface area (Å²) >= 11 is 0. The molecule has 0 spiro atoms. The number of aryl methyl sites for hydroxylation is 1. The molecule has 37 heavy (non-hydrogen) atoms. The first-order valence-corrected chi connectivity index (χ1v) is 12.9. The van der Waals surface area contributed by atoms with Crippen LogP contribution in [0.15, 0.2) is 60.4 Å². The van der Waals surface area contributed by atoms with E-state index in [2.05, 4.69) is 12.2 Å². The molecule has 0 radical (unpaired) electrons. The minimum absolute atomic E-state index is 0.0997. The Kier molecular flexibility index (Phi) is 12.4. The van der Waals surface area contributed by atoms with Crippen molar-refractivity contribution in [2.45, 2.75) is 60.3 Å². The Morgan fingerprint density at radius 1 is 0.865 bits per heavy atom. The molecule has 200 valence electrons. The Bertz CT molecular complexity index is 1060. The molecule has 7 nitrogen and oxygen atoms in total. The smallest absolute Gasteiger partial charge is 0.374 e. The van der Waals surface area contributed by atoms with Gasteiger partial charge in [-0.05, 0) is 54.5 Å². The van der Waals surface area contributed by atoms with E-state index in [1.165, 1.54) is 12.0 Å². The third-order valence-electron chi connectivity index (χ3n) is 5.20. The van der Waals surface area contributed by atoms with E-state index in [0.717, 1.165) is 25.3 Å². The summed E-state index contributed by atoms with van der Waals surface area (Å²) < 4.78 is 16.2. The molecular weight excluding hydrogens is 470 g/mol. The first-order chi connectivity index (χ1) is 17.7. The molecule has 1 N–H and O–H groups in total. The van der Waals surface area contributed by atoms with Crippen molar-refractivity contribution in [3.05, 3.63) is 71.5 Å². The maximum Gasteiger partial charge on any atom is 0.374 e. The van der Waals surface area contributed by atoms with Gasteiger partial charge in [0.2, 0.25) is 5.76 Å². The number of benzene rings is 2. The Balaban J connectivity index is 2.19. The second-order valence-electron chi connectivity index (χ2n) is 9.73. The van der Waals surface area contributed by atoms with Crippen LogP contribution in [0.3, 0.4) is 0 Å². The molecule has 0 unspecified atom stereocenters. The third-order valence-corrected chi connectivity index (χ3v) is 5.20. The molecule has 2 rings (SSSR count). The summed E-state index contributed by atoms with van der Waals surface area (Å²) in [4.78, 5) is 37.9. The summed E-state index contributed by atoms with van der Waals surface area (Å²) in [5.74, 6) is -1.73. The van der Waals surface area contributed by atoms with Crippen molar-refractivity contribution in [2.24, 2.45) is 11.8 Å². The van der Waals surface area contributed by atoms with Gasteiger partial charge in [-0.15, -0.1) is 0 Å². The summed E-state index contributed by atoms with van der Waals surface area (Å²) in [6.45, 7) is 10.1. The average Bonchev–Trinajstić information content (AvgIpc) is 2.87. The topological polar surface area (TPSA) is 90.9 Å². The van der Waals surface area contributed by atoms with E-state index in [0.29, 0.717) is 11.3 Å². The highest BCUT2D eigenvalue weighted by atomic mass is 16.6. The first kappa shape index (κ1) is 29.6. The molecule has 2 aromatic carbocycles. The van der Waals surface area contributed by atoms with Crippen molar-refractivity contribution in [1.29, 1.82) is 0 Å². The highest BCUT2D eigenvalue weighted by Crippen LogP contribution is 2.27. The normalized spacial score (nSPS) is 11.4. The molecular formula is C30H39NO6. The number of esters is 2. The lowest BCUT2D eigenvalue weighted by Crippen LogP contribution is -2.19. The minimum Gasteiger partial charge on any atom is -0.462 e. The summed E-state index contributed by atoms with van der Waals surface area (Å²) in [5, 5.41) is 2.83. The van der Waals surface area contributed by atoms with Gasteiger partial charge in [0.15, 0.2) is 5.75 Å². The Labute approximate surface area is 220 Å². The number of carbonyl (C=O) groups is 3. The largest absolute Gasteiger partial charge is 0.462 e. The van der Waals surface area contributed by atoms with Crippen LogP contribution in [0, 0.1) is 11.8 Å². The lowest BCUT2D eigenvalue weighted by atomic mass is 10.1. The lowest BCUT2D eigenvalue weighted by molar-refractivity contribution is -0.144. The fourth-order valence-electron chi connectivity index (χ4n) is 3.21. The summed E-state index contributed by atoms with van der Waals surface area (Å²) in [7, 11) is 0. The number of ether oxygens (including phenoxy) is 3. The number of amides is 1. The standard InChI is InChI=1S/C30H39NO6/c1-6-7-8-11-23-14-16-24(17-15-23)29(33)31-25-12-9-10-13-26(25)37-27(30(34)36-20-22(4)5)18-28(32)35-19-21(2)3/h9-10,12-18,21-22H,6-8,11,19-20H2,1-5H3,(H,31,33)/b27-18+. The van der Waals surface area contributed by atoms with Crippen LogP contribution in [0.1, 0.15) is 69.8 Å². The average molecular weight is 510 g/mol. The van der Waals surface area contributed by atoms with Crippen molar-refractivity contribution in [1.82, 2.24) is 0 Å². The van der Waals surface area contributed by atoms with E-state index in [1.54, 1.807) is 36.4 Å². The maximum absolute atomic E-state index is 12.9. The van der Waals surface area contributed by atoms with Gasteiger partial charge in [0.1, 0.15) is 0 Å². The molecule has 0 saturated heterocycles. The molecule has 0 aliphatic heterocycles. The maximum atomic E-state index is 12.9. The quantitative estimate of drug-likeness (QED) is 0.138. The van der Waals surface area contributed by atoms with E-state index in [4.69, 9.17) is 14.2 Å². The predicted octanol–water partition coefficient (Wildman–Crippen LogP) is 6.33. The predicted molar refractivity (Wildman–Crippen MR) is 144 cm³/mol. The van der Waals surface area contributed by atoms with Crippen molar-refractivity contribution >= 4 is 23.5 Å². The van der Waals surface area contributed by atoms with Crippen LogP contribution in [0.25, 0.3) is 0 Å². The third kappa shape index (κ3) is 10.9. The van der Waals surface area contributed by atoms with Gasteiger partial charge in [-0.25, -0.2) is 9.59 Å². The number of para-hydroxylation sites is 2. The number of nitrogens with one attached hydrogen (secondary N) is 1. The molecule has 0 aromatic heterocycles. The Hall–Kier alpha value is -3.61. The number of anilines is 1. The van der Waals surface area contributed by atoms with Gasteiger partial charge < -0.3 is 19.5 Å². The number of carbonyl (C=O) groups excluding carboxylic acids is 3. The van der Waals surface area contributed by atoms with Crippen LogP contribution >= 0.6 is 0 Å². The van der Waals surface area contributed by atoms with Gasteiger partial charge in [-0.1, -0.05) is 71.7 Å². The van der Waals surface area contributed by atoms with Crippen molar-refractivity contribution in [3.8, 4) is 5.75 Å². The monoisotopic (exact) mass is 509 g/mol. The van der Waals surface area contributed by atoms with Gasteiger partial charge in [0.25, 0.3) is 5.91 Å². The van der Waals surface area contributed by atoms with Crippen LogP contribution in [0.5, 0.6) is 5.75 Å². The SMILES string of the molecule is CCCCCc1ccc(C(=O)Nc2ccccc2O/C(=C/C(=O)OCC(C)C)C(=O)OCC(C)C)cc1. The van der Waals surface area contributed by atoms with Gasteiger partial charge in [-0.3, -0.25) is 4.79 Å². The molecule has 0 fully saturated rings. The molecule has 2 aromatic rings. The van der Waals surface area contributed by atoms with Crippen LogP contribution in [-0.4, -0.2) is 31.1 Å². The molecule has 0 aliphatic carbocycles. The molecule has 0 aliphatic rings. The van der Waals surface area contributed by atoms with Crippen LogP contribution < -0.4 is 10.1 Å². The summed E-state index contributed by atoms with van der Waals surface area (Å²) in [6.07, 6.45) is 5.41. The zero-order valence-corrected chi connectivity index (χ0v) is 22.5. The van der Waals surface area contributed by atoms with E-state index < -0.39 is 11.9 Å². The number of rotatable bonds is 14. The van der Waals surface area contributed by atoms with E-state index >= 15 is 0 Å². The summed E-state index contributed by atoms with van der Waals surface area (Å²) in [5.41, 5.74) is 2.03. The number of hydrogen-bond acceptors (Lipinski definition) is 6. The minimum atomic E-state index is -0.796. The Morgan fingerprint density at radius 2 is 1.51 bits per heavy atom. The van der Waals surface area contributed by atoms with Gasteiger partial charge >= 0.3 is 11.9 Å². The lowest BCUT2D eigenvalue weighted by Gasteiger charge is -2.15. The molecule has 0 heterocycles. The zero-order chi connectivity index (χ0) is 27.2. The van der Waals surface area contributed by atoms with E-state index in [-0.39, 0.29) is 42.5 Å². The number of hydrogen-bond donors (Lipinski definition) is 1. The second-order valence-corrected chi connectivity index (χ2v) is 9.73. The van der Waals surface area contributed by atoms with Gasteiger partial charge in [0, 0.05) is 5.56 Å². The molecule has 0 bridgehead atoms. The molecule has 0 saturated carbocycles. The van der Waals surface area contributed by atoms with E-state index in [9.17, 15) is 14.4 Å². The zero-order valence-electron chi connectivity index (χ0n) is 22.5. The fraction of sp³-hybridized carbons (Fsp3) is 0.433. The van der Waals surface area contributed by atoms with E-state index in [1.807, 2.05) is 39.8 Å². The van der Waals surface area contributed by atoms with Crippen LogP contribution in [-0.2, 0) is 25.5 Å². The van der Waals surface area contributed by atoms with Gasteiger partial charge in [-0.2, -0.15) is 0 Å². The fourth-order valence-corrected chi connectivity index (χ4v) is 3.21. The highest BCUT2D eigenvalue weighted by Gasteiger charge is 2.20. The van der Waals surface area contributed by atoms with Crippen LogP contribution in [0.2, 0.25) is 0 Å². The Morgan fingerprint density at radius 3 is 2.16 bits per heavy atom. The van der Waals surface area contributed by atoms with Gasteiger partial charge in [0.05, 0.1) is 25.0 Å². The highest BCUT2D eigenvalue weighted by molar-refractivity contribution is 6.05. The molecule has 1 amide bonds. The summed E-state index contributed by atoms with van der Waals surface area (Å²) in [6, 6.07) is 14.2. The van der Waals surface area contributed by atoms with Crippen molar-refractivity contribution < 1.29 is 28.6 Å².